The van der Waals surface area contributed by atoms with Gasteiger partial charge in [-0.1, -0.05) is 12.1 Å². The van der Waals surface area contributed by atoms with Crippen LogP contribution in [0.3, 0.4) is 0 Å². The zero-order valence-corrected chi connectivity index (χ0v) is 23.2. The number of nitrogens with zero attached hydrogens (tertiary/aromatic N) is 1. The Labute approximate surface area is 245 Å². The van der Waals surface area contributed by atoms with E-state index < -0.39 is 36.1 Å². The van der Waals surface area contributed by atoms with Crippen molar-refractivity contribution in [2.24, 2.45) is 0 Å². The zero-order chi connectivity index (χ0) is 31.2. The normalized spacial score (nSPS) is 11.8. The zero-order valence-electron chi connectivity index (χ0n) is 23.2. The Morgan fingerprint density at radius 1 is 0.814 bits per heavy atom. The van der Waals surface area contributed by atoms with Crippen molar-refractivity contribution >= 4 is 12.1 Å². The third-order valence-electron chi connectivity index (χ3n) is 5.79. The number of hydrogen-bond acceptors (Lipinski definition) is 7. The van der Waals surface area contributed by atoms with E-state index in [0.29, 0.717) is 17.9 Å². The first-order chi connectivity index (χ1) is 20.5. The number of alkyl halides is 3. The molecule has 0 bridgehead atoms. The minimum Gasteiger partial charge on any atom is -0.494 e. The molecule has 0 saturated carbocycles. The molecule has 3 aromatic rings. The molecule has 0 aromatic heterocycles. The topological polar surface area (TPSA) is 104 Å². The maximum Gasteiger partial charge on any atom is 0.573 e. The first kappa shape index (κ1) is 33.0. The Kier molecular flexibility index (Phi) is 12.4. The summed E-state index contributed by atoms with van der Waals surface area (Å²) in [6, 6.07) is 16.7. The van der Waals surface area contributed by atoms with Gasteiger partial charge in [0.25, 0.3) is 0 Å². The summed E-state index contributed by atoms with van der Waals surface area (Å²) in [5, 5.41) is 9.26. The predicted octanol–water partition coefficient (Wildman–Crippen LogP) is 6.11. The van der Waals surface area contributed by atoms with Crippen molar-refractivity contribution in [1.82, 2.24) is 4.90 Å². The fourth-order valence-electron chi connectivity index (χ4n) is 3.77. The van der Waals surface area contributed by atoms with Crippen molar-refractivity contribution in [1.29, 1.82) is 0 Å². The Balaban J connectivity index is 1.57. The molecule has 0 spiro atoms. The van der Waals surface area contributed by atoms with Gasteiger partial charge in [0, 0.05) is 19.6 Å². The number of amides is 1. The molecular weight excluding hydrogens is 578 g/mol. The molecule has 232 valence electrons. The van der Waals surface area contributed by atoms with Crippen molar-refractivity contribution in [3.8, 4) is 23.0 Å². The number of carboxylic acids is 1. The fourth-order valence-corrected chi connectivity index (χ4v) is 3.77. The average Bonchev–Trinajstić information content (AvgIpc) is 2.96. The molecule has 43 heavy (non-hydrogen) atoms. The minimum atomic E-state index is -4.85. The summed E-state index contributed by atoms with van der Waals surface area (Å²) >= 11 is 0. The highest BCUT2D eigenvalue weighted by Gasteiger charge is 2.31. The quantitative estimate of drug-likeness (QED) is 0.153. The molecule has 0 radical (unpaired) electrons. The highest BCUT2D eigenvalue weighted by Crippen LogP contribution is 2.25. The number of benzene rings is 3. The van der Waals surface area contributed by atoms with Crippen LogP contribution in [0, 0.1) is 5.82 Å². The van der Waals surface area contributed by atoms with Crippen molar-refractivity contribution in [3.63, 3.8) is 0 Å². The number of hydrogen-bond donors (Lipinski definition) is 1. The van der Waals surface area contributed by atoms with Crippen molar-refractivity contribution in [2.75, 3.05) is 32.9 Å². The molecule has 3 rings (SSSR count). The van der Waals surface area contributed by atoms with E-state index in [0.717, 1.165) is 17.7 Å². The van der Waals surface area contributed by atoms with Crippen LogP contribution in [0.5, 0.6) is 23.0 Å². The molecule has 3 aromatic carbocycles. The molecule has 0 aliphatic rings. The number of ether oxygens (including phenoxy) is 5. The highest BCUT2D eigenvalue weighted by atomic mass is 19.4. The average molecular weight is 610 g/mol. The molecule has 0 aliphatic heterocycles. The molecule has 1 unspecified atom stereocenters. The molecule has 9 nitrogen and oxygen atoms in total. The fraction of sp³-hybridized carbons (Fsp3) is 0.333. The van der Waals surface area contributed by atoms with Crippen LogP contribution in [-0.2, 0) is 16.0 Å². The summed E-state index contributed by atoms with van der Waals surface area (Å²) in [5.74, 6) is -0.959. The smallest absolute Gasteiger partial charge is 0.494 e. The van der Waals surface area contributed by atoms with Gasteiger partial charge in [0.15, 0.2) is 6.10 Å². The first-order valence-corrected chi connectivity index (χ1v) is 13.3. The highest BCUT2D eigenvalue weighted by molar-refractivity contribution is 5.72. The second-order valence-electron chi connectivity index (χ2n) is 9.01. The summed E-state index contributed by atoms with van der Waals surface area (Å²) in [4.78, 5) is 25.6. The molecule has 1 amide bonds. The lowest BCUT2D eigenvalue weighted by atomic mass is 10.1. The van der Waals surface area contributed by atoms with Gasteiger partial charge in [-0.3, -0.25) is 0 Å². The lowest BCUT2D eigenvalue weighted by Gasteiger charge is -2.22. The van der Waals surface area contributed by atoms with Crippen LogP contribution in [0.2, 0.25) is 0 Å². The number of carbonyl (C=O) groups is 2. The van der Waals surface area contributed by atoms with Crippen LogP contribution >= 0.6 is 0 Å². The van der Waals surface area contributed by atoms with E-state index in [9.17, 15) is 32.3 Å². The Morgan fingerprint density at radius 3 is 1.95 bits per heavy atom. The lowest BCUT2D eigenvalue weighted by molar-refractivity contribution is -0.274. The van der Waals surface area contributed by atoms with E-state index in [1.54, 1.807) is 31.2 Å². The molecule has 1 atom stereocenters. The minimum absolute atomic E-state index is 0.00955. The van der Waals surface area contributed by atoms with Crippen molar-refractivity contribution in [2.45, 2.75) is 32.2 Å². The van der Waals surface area contributed by atoms with E-state index in [1.807, 2.05) is 0 Å². The maximum atomic E-state index is 13.1. The summed E-state index contributed by atoms with van der Waals surface area (Å²) in [7, 11) is 0. The summed E-state index contributed by atoms with van der Waals surface area (Å²) in [6.45, 7) is 2.55. The van der Waals surface area contributed by atoms with E-state index in [-0.39, 0.29) is 45.1 Å². The number of carbonyl (C=O) groups excluding carboxylic acids is 1. The van der Waals surface area contributed by atoms with Crippen LogP contribution in [0.15, 0.2) is 72.8 Å². The largest absolute Gasteiger partial charge is 0.573 e. The van der Waals surface area contributed by atoms with Gasteiger partial charge in [-0.05, 0) is 79.6 Å². The Morgan fingerprint density at radius 2 is 1.37 bits per heavy atom. The van der Waals surface area contributed by atoms with Crippen LogP contribution in [-0.4, -0.2) is 67.4 Å². The number of rotatable bonds is 16. The van der Waals surface area contributed by atoms with Crippen LogP contribution in [0.25, 0.3) is 0 Å². The van der Waals surface area contributed by atoms with Gasteiger partial charge in [0.1, 0.15) is 35.4 Å². The third-order valence-corrected chi connectivity index (χ3v) is 5.79. The summed E-state index contributed by atoms with van der Waals surface area (Å²) < 4.78 is 76.1. The van der Waals surface area contributed by atoms with Crippen molar-refractivity contribution < 1.29 is 55.9 Å². The van der Waals surface area contributed by atoms with Crippen LogP contribution < -0.4 is 18.9 Å². The maximum absolute atomic E-state index is 13.1. The van der Waals surface area contributed by atoms with Gasteiger partial charge < -0.3 is 33.7 Å². The SMILES string of the molecule is CCOC(Cc1ccc(OCCN(CCCOc2ccc(F)cc2)C(=O)Oc2ccc(OC(F)(F)F)cc2)cc1)C(=O)O. The van der Waals surface area contributed by atoms with Gasteiger partial charge >= 0.3 is 18.4 Å². The summed E-state index contributed by atoms with van der Waals surface area (Å²) in [5.41, 5.74) is 0.742. The van der Waals surface area contributed by atoms with Gasteiger partial charge in [-0.25, -0.2) is 14.0 Å². The molecular formula is C30H31F4NO8. The number of halogens is 4. The first-order valence-electron chi connectivity index (χ1n) is 13.3. The Bertz CT molecular complexity index is 1290. The second-order valence-corrected chi connectivity index (χ2v) is 9.01. The van der Waals surface area contributed by atoms with Crippen LogP contribution in [0.1, 0.15) is 18.9 Å². The van der Waals surface area contributed by atoms with E-state index in [2.05, 4.69) is 4.74 Å². The van der Waals surface area contributed by atoms with Crippen molar-refractivity contribution in [3.05, 3.63) is 84.2 Å². The predicted molar refractivity (Wildman–Crippen MR) is 146 cm³/mol. The third kappa shape index (κ3) is 12.1. The molecule has 1 N–H and O–H groups in total. The molecule has 0 fully saturated rings. The standard InChI is InChI=1S/C30H31F4NO8/c1-2-39-27(28(36)37)20-21-4-8-23(9-5-21)41-19-17-35(16-3-18-40-24-10-6-22(31)7-11-24)29(38)42-25-12-14-26(15-13-25)43-30(32,33)34/h4-15,27H,2-3,16-20H2,1H3,(H,36,37). The lowest BCUT2D eigenvalue weighted by Crippen LogP contribution is -2.38. The van der Waals surface area contributed by atoms with Gasteiger partial charge in [0.2, 0.25) is 0 Å². The van der Waals surface area contributed by atoms with Gasteiger partial charge in [0.05, 0.1) is 13.2 Å². The summed E-state index contributed by atoms with van der Waals surface area (Å²) in [6.07, 6.45) is -6.01. The van der Waals surface area contributed by atoms with E-state index in [1.165, 1.54) is 41.3 Å². The monoisotopic (exact) mass is 609 g/mol. The van der Waals surface area contributed by atoms with Gasteiger partial charge in [-0.2, -0.15) is 0 Å². The molecule has 0 saturated heterocycles. The Hall–Kier alpha value is -4.52. The molecule has 0 aliphatic carbocycles. The van der Waals surface area contributed by atoms with E-state index >= 15 is 0 Å². The number of carboxylic acid groups (broad SMARTS) is 1. The second kappa shape index (κ2) is 16.2. The van der Waals surface area contributed by atoms with Crippen LogP contribution in [0.4, 0.5) is 22.4 Å². The molecule has 13 heteroatoms. The van der Waals surface area contributed by atoms with Gasteiger partial charge in [-0.15, -0.1) is 13.2 Å². The number of aliphatic carboxylic acids is 1. The molecule has 0 heterocycles. The van der Waals surface area contributed by atoms with E-state index in [4.69, 9.17) is 18.9 Å².